The standard InChI is InChI=1S/C26H26F2N6O3/c1-12-17(8-31-20-3-2-4-30-24(12)20)15-5-13-6-21(32-9-18(13)23(29)22(15)28)34(26(36)37)14-10-33(11-14)25(35)16-7-19(16)27/h5-6,8-9,14,16,19,30H,2-4,7,10-11,29H2,1H3,(H,36,37). The number of likely N-dealkylation sites (tertiary alicyclic amines) is 1. The Morgan fingerprint density at radius 1 is 1.22 bits per heavy atom. The second-order valence-corrected chi connectivity index (χ2v) is 9.97. The van der Waals surface area contributed by atoms with Crippen LogP contribution in [0.5, 0.6) is 0 Å². The molecule has 3 aliphatic rings. The van der Waals surface area contributed by atoms with Gasteiger partial charge in [0, 0.05) is 48.5 Å². The number of aryl methyl sites for hydroxylation is 1. The van der Waals surface area contributed by atoms with E-state index in [9.17, 15) is 19.1 Å². The summed E-state index contributed by atoms with van der Waals surface area (Å²) in [6.07, 6.45) is 2.75. The Kier molecular flexibility index (Phi) is 5.39. The zero-order valence-electron chi connectivity index (χ0n) is 20.2. The molecule has 2 aromatic heterocycles. The number of rotatable bonds is 4. The average Bonchev–Trinajstić information content (AvgIpc) is 3.59. The molecule has 192 valence electrons. The van der Waals surface area contributed by atoms with Gasteiger partial charge in [-0.25, -0.2) is 18.6 Å². The highest BCUT2D eigenvalue weighted by Crippen LogP contribution is 2.40. The molecule has 0 bridgehead atoms. The van der Waals surface area contributed by atoms with Gasteiger partial charge in [-0.1, -0.05) is 0 Å². The van der Waals surface area contributed by atoms with E-state index in [0.29, 0.717) is 16.3 Å². The van der Waals surface area contributed by atoms with Crippen LogP contribution in [0.15, 0.2) is 24.5 Å². The number of pyridine rings is 2. The van der Waals surface area contributed by atoms with Crippen molar-refractivity contribution in [3.63, 3.8) is 0 Å². The first kappa shape index (κ1) is 23.4. The van der Waals surface area contributed by atoms with E-state index in [0.717, 1.165) is 41.2 Å². The summed E-state index contributed by atoms with van der Waals surface area (Å²) in [6.45, 7) is 3.06. The molecule has 9 nitrogen and oxygen atoms in total. The van der Waals surface area contributed by atoms with Crippen LogP contribution in [0.25, 0.3) is 21.9 Å². The van der Waals surface area contributed by atoms with Crippen molar-refractivity contribution in [3.8, 4) is 11.1 Å². The van der Waals surface area contributed by atoms with E-state index in [1.807, 2.05) is 6.92 Å². The Morgan fingerprint density at radius 2 is 1.97 bits per heavy atom. The summed E-state index contributed by atoms with van der Waals surface area (Å²) in [7, 11) is 0. The van der Waals surface area contributed by atoms with Crippen molar-refractivity contribution in [3.05, 3.63) is 41.6 Å². The number of carboxylic acid groups (broad SMARTS) is 1. The maximum atomic E-state index is 15.5. The van der Waals surface area contributed by atoms with E-state index in [1.165, 1.54) is 11.1 Å². The van der Waals surface area contributed by atoms with Crippen molar-refractivity contribution >= 4 is 40.0 Å². The Bertz CT molecular complexity index is 1460. The Morgan fingerprint density at radius 3 is 2.68 bits per heavy atom. The van der Waals surface area contributed by atoms with E-state index in [-0.39, 0.29) is 42.5 Å². The fourth-order valence-electron chi connectivity index (χ4n) is 5.33. The summed E-state index contributed by atoms with van der Waals surface area (Å²) in [6, 6.07) is 2.68. The topological polar surface area (TPSA) is 125 Å². The largest absolute Gasteiger partial charge is 0.465 e. The van der Waals surface area contributed by atoms with E-state index < -0.39 is 30.0 Å². The van der Waals surface area contributed by atoms with Gasteiger partial charge in [0.1, 0.15) is 12.0 Å². The highest BCUT2D eigenvalue weighted by Gasteiger charge is 2.49. The minimum absolute atomic E-state index is 0.0795. The first-order valence-electron chi connectivity index (χ1n) is 12.3. The number of carbonyl (C=O) groups excluding carboxylic acids is 1. The molecule has 37 heavy (non-hydrogen) atoms. The molecule has 0 radical (unpaired) electrons. The number of fused-ring (bicyclic) bond motifs is 2. The van der Waals surface area contributed by atoms with Crippen molar-refractivity contribution in [2.24, 2.45) is 5.92 Å². The van der Waals surface area contributed by atoms with E-state index >= 15 is 4.39 Å². The van der Waals surface area contributed by atoms with Crippen LogP contribution in [0.1, 0.15) is 24.1 Å². The Labute approximate surface area is 211 Å². The normalized spacial score (nSPS) is 20.7. The van der Waals surface area contributed by atoms with Crippen molar-refractivity contribution in [2.45, 2.75) is 38.4 Å². The number of anilines is 3. The van der Waals surface area contributed by atoms with Gasteiger partial charge < -0.3 is 21.1 Å². The lowest BCUT2D eigenvalue weighted by molar-refractivity contribution is -0.137. The van der Waals surface area contributed by atoms with Crippen LogP contribution in [0.4, 0.5) is 30.8 Å². The van der Waals surface area contributed by atoms with Gasteiger partial charge in [-0.15, -0.1) is 0 Å². The molecule has 1 aromatic carbocycles. The number of halogens is 2. The fraction of sp³-hybridized carbons (Fsp3) is 0.385. The SMILES string of the molecule is Cc1c(-c2cc3cc(N(C(=O)O)C4CN(C(=O)C5CC5F)C4)ncc3c(N)c2F)cnc2c1NCCC2. The number of nitrogens with two attached hydrogens (primary N) is 1. The smallest absolute Gasteiger partial charge is 0.413 e. The predicted molar refractivity (Wildman–Crippen MR) is 135 cm³/mol. The molecule has 2 fully saturated rings. The molecule has 4 heterocycles. The number of hydrogen-bond acceptors (Lipinski definition) is 6. The second-order valence-electron chi connectivity index (χ2n) is 9.97. The quantitative estimate of drug-likeness (QED) is 0.459. The Balaban J connectivity index is 1.35. The molecule has 2 aliphatic heterocycles. The summed E-state index contributed by atoms with van der Waals surface area (Å²) in [4.78, 5) is 35.8. The van der Waals surface area contributed by atoms with E-state index in [2.05, 4.69) is 15.3 Å². The van der Waals surface area contributed by atoms with Crippen molar-refractivity contribution in [2.75, 3.05) is 35.6 Å². The highest BCUT2D eigenvalue weighted by molar-refractivity contribution is 6.00. The monoisotopic (exact) mass is 508 g/mol. The number of alkyl halides is 1. The van der Waals surface area contributed by atoms with Crippen LogP contribution in [0.3, 0.4) is 0 Å². The van der Waals surface area contributed by atoms with Gasteiger partial charge in [-0.05, 0) is 49.3 Å². The van der Waals surface area contributed by atoms with Gasteiger partial charge in [0.25, 0.3) is 0 Å². The summed E-state index contributed by atoms with van der Waals surface area (Å²) in [5.41, 5.74) is 9.69. The minimum atomic E-state index is -1.23. The number of hydrogen-bond donors (Lipinski definition) is 3. The zero-order valence-corrected chi connectivity index (χ0v) is 20.2. The lowest BCUT2D eigenvalue weighted by atomic mass is 9.95. The van der Waals surface area contributed by atoms with Gasteiger partial charge in [-0.2, -0.15) is 0 Å². The molecular formula is C26H26F2N6O3. The summed E-state index contributed by atoms with van der Waals surface area (Å²) in [5.74, 6) is -1.33. The van der Waals surface area contributed by atoms with Crippen molar-refractivity contribution in [1.29, 1.82) is 0 Å². The Hall–Kier alpha value is -4.02. The third kappa shape index (κ3) is 3.80. The summed E-state index contributed by atoms with van der Waals surface area (Å²) >= 11 is 0. The molecular weight excluding hydrogens is 482 g/mol. The number of carbonyl (C=O) groups is 2. The molecule has 3 aromatic rings. The number of aromatic nitrogens is 2. The third-order valence-electron chi connectivity index (χ3n) is 7.61. The zero-order chi connectivity index (χ0) is 26.0. The second kappa shape index (κ2) is 8.53. The number of nitrogens with one attached hydrogen (secondary N) is 1. The molecule has 1 aliphatic carbocycles. The molecule has 1 saturated carbocycles. The van der Waals surface area contributed by atoms with Crippen LogP contribution < -0.4 is 16.0 Å². The molecule has 2 atom stereocenters. The minimum Gasteiger partial charge on any atom is -0.465 e. The number of nitrogens with zero attached hydrogens (tertiary/aromatic N) is 4. The average molecular weight is 509 g/mol. The van der Waals surface area contributed by atoms with Crippen LogP contribution >= 0.6 is 0 Å². The lowest BCUT2D eigenvalue weighted by Gasteiger charge is -2.43. The van der Waals surface area contributed by atoms with Crippen LogP contribution in [0.2, 0.25) is 0 Å². The van der Waals surface area contributed by atoms with E-state index in [4.69, 9.17) is 5.73 Å². The molecule has 0 spiro atoms. The summed E-state index contributed by atoms with van der Waals surface area (Å²) < 4.78 is 28.7. The maximum absolute atomic E-state index is 15.5. The van der Waals surface area contributed by atoms with Gasteiger partial charge in [0.05, 0.1) is 29.0 Å². The van der Waals surface area contributed by atoms with E-state index in [1.54, 1.807) is 18.3 Å². The number of benzene rings is 1. The van der Waals surface area contributed by atoms with Crippen LogP contribution in [-0.2, 0) is 11.2 Å². The molecule has 2 unspecified atom stereocenters. The molecule has 1 saturated heterocycles. The van der Waals surface area contributed by atoms with Crippen molar-refractivity contribution < 1.29 is 23.5 Å². The van der Waals surface area contributed by atoms with Crippen LogP contribution in [-0.4, -0.2) is 63.8 Å². The maximum Gasteiger partial charge on any atom is 0.413 e. The van der Waals surface area contributed by atoms with Gasteiger partial charge in [-0.3, -0.25) is 14.7 Å². The number of nitrogen functional groups attached to an aromatic ring is 1. The predicted octanol–water partition coefficient (Wildman–Crippen LogP) is 3.74. The summed E-state index contributed by atoms with van der Waals surface area (Å²) in [5, 5.41) is 14.2. The van der Waals surface area contributed by atoms with Crippen molar-refractivity contribution in [1.82, 2.24) is 14.9 Å². The molecule has 2 amide bonds. The first-order chi connectivity index (χ1) is 17.7. The number of amides is 2. The fourth-order valence-corrected chi connectivity index (χ4v) is 5.33. The lowest BCUT2D eigenvalue weighted by Crippen LogP contribution is -2.63. The van der Waals surface area contributed by atoms with Gasteiger partial charge in [0.15, 0.2) is 5.82 Å². The van der Waals surface area contributed by atoms with Gasteiger partial charge >= 0.3 is 6.09 Å². The molecule has 4 N–H and O–H groups in total. The highest BCUT2D eigenvalue weighted by atomic mass is 19.1. The third-order valence-corrected chi connectivity index (χ3v) is 7.61. The molecule has 11 heteroatoms. The molecule has 6 rings (SSSR count). The first-order valence-corrected chi connectivity index (χ1v) is 12.3. The van der Waals surface area contributed by atoms with Gasteiger partial charge in [0.2, 0.25) is 5.91 Å². The van der Waals surface area contributed by atoms with Crippen LogP contribution in [0, 0.1) is 18.7 Å².